The van der Waals surface area contributed by atoms with E-state index in [1.807, 2.05) is 0 Å². The monoisotopic (exact) mass is 391 g/mol. The van der Waals surface area contributed by atoms with Gasteiger partial charge in [0, 0.05) is 6.54 Å². The first-order valence-corrected chi connectivity index (χ1v) is 9.55. The van der Waals surface area contributed by atoms with E-state index in [0.717, 1.165) is 24.2 Å². The van der Waals surface area contributed by atoms with Crippen LogP contribution >= 0.6 is 11.3 Å². The van der Waals surface area contributed by atoms with Gasteiger partial charge in [-0.25, -0.2) is 9.78 Å². The molecule has 2 unspecified atom stereocenters. The quantitative estimate of drug-likeness (QED) is 0.810. The molecule has 2 atom stereocenters. The number of aryl methyl sites for hydroxylation is 1. The van der Waals surface area contributed by atoms with E-state index in [4.69, 9.17) is 9.52 Å². The highest BCUT2D eigenvalue weighted by Crippen LogP contribution is 2.25. The maximum absolute atomic E-state index is 12.8. The molecule has 0 aliphatic carbocycles. The SMILES string of the molecule is Cc1nc(C(C)NC(=O)C2CCCCN2C(=O)c2ccco2)sc1C(=O)O. The Labute approximate surface area is 160 Å². The zero-order valence-corrected chi connectivity index (χ0v) is 15.9. The third kappa shape index (κ3) is 4.02. The van der Waals surface area contributed by atoms with Crippen molar-refractivity contribution in [2.24, 2.45) is 0 Å². The molecule has 2 aromatic rings. The van der Waals surface area contributed by atoms with Crippen LogP contribution in [0.1, 0.15) is 63.2 Å². The third-order valence-electron chi connectivity index (χ3n) is 4.53. The number of hydrogen-bond donors (Lipinski definition) is 2. The van der Waals surface area contributed by atoms with E-state index in [9.17, 15) is 14.4 Å². The lowest BCUT2D eigenvalue weighted by atomic mass is 10.0. The number of piperidine rings is 1. The fraction of sp³-hybridized carbons (Fsp3) is 0.444. The highest BCUT2D eigenvalue weighted by Gasteiger charge is 2.34. The van der Waals surface area contributed by atoms with E-state index in [1.54, 1.807) is 30.9 Å². The van der Waals surface area contributed by atoms with Crippen LogP contribution in [0, 0.1) is 6.92 Å². The van der Waals surface area contributed by atoms with Gasteiger partial charge in [0.2, 0.25) is 5.91 Å². The number of thiazole rings is 1. The van der Waals surface area contributed by atoms with Gasteiger partial charge >= 0.3 is 5.97 Å². The molecule has 0 bridgehead atoms. The Morgan fingerprint density at radius 1 is 1.41 bits per heavy atom. The molecule has 27 heavy (non-hydrogen) atoms. The standard InChI is InChI=1S/C18H21N3O5S/c1-10-14(18(24)25)27-16(20-10)11(2)19-15(22)12-6-3-4-8-21(12)17(23)13-7-5-9-26-13/h5,7,9,11-12H,3-4,6,8H2,1-2H3,(H,19,22)(H,24,25). The Morgan fingerprint density at radius 3 is 2.81 bits per heavy atom. The number of aromatic nitrogens is 1. The summed E-state index contributed by atoms with van der Waals surface area (Å²) in [5, 5.41) is 12.6. The van der Waals surface area contributed by atoms with Crippen LogP contribution in [0.3, 0.4) is 0 Å². The van der Waals surface area contributed by atoms with Crippen LogP contribution in [0.5, 0.6) is 0 Å². The molecule has 2 aromatic heterocycles. The Bertz CT molecular complexity index is 845. The van der Waals surface area contributed by atoms with Gasteiger partial charge < -0.3 is 19.7 Å². The van der Waals surface area contributed by atoms with E-state index >= 15 is 0 Å². The van der Waals surface area contributed by atoms with Crippen LogP contribution in [-0.2, 0) is 4.79 Å². The largest absolute Gasteiger partial charge is 0.477 e. The van der Waals surface area contributed by atoms with Crippen molar-refractivity contribution in [1.29, 1.82) is 0 Å². The topological polar surface area (TPSA) is 113 Å². The average molecular weight is 391 g/mol. The molecule has 1 aliphatic heterocycles. The molecule has 0 radical (unpaired) electrons. The van der Waals surface area contributed by atoms with Crippen molar-refractivity contribution in [1.82, 2.24) is 15.2 Å². The van der Waals surface area contributed by atoms with Crippen LogP contribution in [-0.4, -0.2) is 45.4 Å². The molecule has 144 valence electrons. The molecule has 0 saturated carbocycles. The lowest BCUT2D eigenvalue weighted by molar-refractivity contribution is -0.127. The normalized spacial score (nSPS) is 18.1. The van der Waals surface area contributed by atoms with Gasteiger partial charge in [0.1, 0.15) is 15.9 Å². The first kappa shape index (κ1) is 19.1. The lowest BCUT2D eigenvalue weighted by Gasteiger charge is -2.34. The number of nitrogens with zero attached hydrogens (tertiary/aromatic N) is 2. The fourth-order valence-corrected chi connectivity index (χ4v) is 4.07. The maximum atomic E-state index is 12.8. The maximum Gasteiger partial charge on any atom is 0.347 e. The third-order valence-corrected chi connectivity index (χ3v) is 5.86. The number of carboxylic acids is 1. The number of carbonyl (C=O) groups is 3. The minimum atomic E-state index is -1.03. The Morgan fingerprint density at radius 2 is 2.19 bits per heavy atom. The molecule has 0 aromatic carbocycles. The van der Waals surface area contributed by atoms with Crippen LogP contribution in [0.2, 0.25) is 0 Å². The van der Waals surface area contributed by atoms with E-state index in [1.165, 1.54) is 6.26 Å². The van der Waals surface area contributed by atoms with Crippen molar-refractivity contribution >= 4 is 29.1 Å². The van der Waals surface area contributed by atoms with Crippen molar-refractivity contribution < 1.29 is 23.9 Å². The Hall–Kier alpha value is -2.68. The van der Waals surface area contributed by atoms with E-state index in [-0.39, 0.29) is 22.5 Å². The second-order valence-electron chi connectivity index (χ2n) is 6.49. The second kappa shape index (κ2) is 7.91. The lowest BCUT2D eigenvalue weighted by Crippen LogP contribution is -2.52. The Kier molecular flexibility index (Phi) is 5.59. The van der Waals surface area contributed by atoms with Crippen molar-refractivity contribution in [3.63, 3.8) is 0 Å². The summed E-state index contributed by atoms with van der Waals surface area (Å²) in [6.45, 7) is 3.87. The molecule has 1 saturated heterocycles. The summed E-state index contributed by atoms with van der Waals surface area (Å²) < 4.78 is 5.18. The first-order chi connectivity index (χ1) is 12.9. The zero-order valence-electron chi connectivity index (χ0n) is 15.1. The molecule has 0 spiro atoms. The van der Waals surface area contributed by atoms with Crippen molar-refractivity contribution in [3.05, 3.63) is 39.7 Å². The van der Waals surface area contributed by atoms with Gasteiger partial charge in [-0.2, -0.15) is 0 Å². The Balaban J connectivity index is 1.72. The van der Waals surface area contributed by atoms with Crippen molar-refractivity contribution in [3.8, 4) is 0 Å². The van der Waals surface area contributed by atoms with Crippen LogP contribution in [0.15, 0.2) is 22.8 Å². The highest BCUT2D eigenvalue weighted by atomic mass is 32.1. The van der Waals surface area contributed by atoms with Crippen molar-refractivity contribution in [2.45, 2.75) is 45.2 Å². The number of nitrogens with one attached hydrogen (secondary N) is 1. The molecule has 1 fully saturated rings. The minimum Gasteiger partial charge on any atom is -0.477 e. The van der Waals surface area contributed by atoms with Gasteiger partial charge in [-0.05, 0) is 45.2 Å². The molecule has 3 rings (SSSR count). The fourth-order valence-electron chi connectivity index (χ4n) is 3.16. The molecular formula is C18H21N3O5S. The number of carbonyl (C=O) groups excluding carboxylic acids is 2. The molecule has 3 heterocycles. The van der Waals surface area contributed by atoms with E-state index < -0.39 is 18.1 Å². The number of furan rings is 1. The summed E-state index contributed by atoms with van der Waals surface area (Å²) in [5.41, 5.74) is 0.427. The van der Waals surface area contributed by atoms with Gasteiger partial charge in [-0.1, -0.05) is 0 Å². The molecule has 9 heteroatoms. The van der Waals surface area contributed by atoms with E-state index in [0.29, 0.717) is 23.7 Å². The van der Waals surface area contributed by atoms with Crippen molar-refractivity contribution in [2.75, 3.05) is 6.54 Å². The smallest absolute Gasteiger partial charge is 0.347 e. The van der Waals surface area contributed by atoms with Crippen LogP contribution < -0.4 is 5.32 Å². The van der Waals surface area contributed by atoms with Gasteiger partial charge in [0.25, 0.3) is 5.91 Å². The highest BCUT2D eigenvalue weighted by molar-refractivity contribution is 7.13. The second-order valence-corrected chi connectivity index (χ2v) is 7.52. The van der Waals surface area contributed by atoms with Gasteiger partial charge in [0.05, 0.1) is 18.0 Å². The number of aromatic carboxylic acids is 1. The molecule has 8 nitrogen and oxygen atoms in total. The number of amides is 2. The predicted octanol–water partition coefficient (Wildman–Crippen LogP) is 2.61. The van der Waals surface area contributed by atoms with Gasteiger partial charge in [-0.3, -0.25) is 9.59 Å². The number of carboxylic acid groups (broad SMARTS) is 1. The molecular weight excluding hydrogens is 370 g/mol. The average Bonchev–Trinajstić information content (AvgIpc) is 3.30. The van der Waals surface area contributed by atoms with E-state index in [2.05, 4.69) is 10.3 Å². The van der Waals surface area contributed by atoms with Gasteiger partial charge in [-0.15, -0.1) is 11.3 Å². The molecule has 2 amide bonds. The number of likely N-dealkylation sites (tertiary alicyclic amines) is 1. The molecule has 2 N–H and O–H groups in total. The predicted molar refractivity (Wildman–Crippen MR) is 97.8 cm³/mol. The first-order valence-electron chi connectivity index (χ1n) is 8.74. The summed E-state index contributed by atoms with van der Waals surface area (Å²) in [4.78, 5) is 42.6. The van der Waals surface area contributed by atoms with Gasteiger partial charge in [0.15, 0.2) is 5.76 Å². The minimum absolute atomic E-state index is 0.165. The summed E-state index contributed by atoms with van der Waals surface area (Å²) in [5.74, 6) is -1.39. The number of hydrogen-bond acceptors (Lipinski definition) is 6. The number of rotatable bonds is 5. The van der Waals surface area contributed by atoms with Crippen LogP contribution in [0.25, 0.3) is 0 Å². The summed E-state index contributed by atoms with van der Waals surface area (Å²) in [6, 6.07) is 2.19. The summed E-state index contributed by atoms with van der Waals surface area (Å²) in [7, 11) is 0. The zero-order chi connectivity index (χ0) is 19.6. The summed E-state index contributed by atoms with van der Waals surface area (Å²) >= 11 is 1.05. The summed E-state index contributed by atoms with van der Waals surface area (Å²) in [6.07, 6.45) is 3.69. The van der Waals surface area contributed by atoms with Crippen LogP contribution in [0.4, 0.5) is 0 Å². The molecule has 1 aliphatic rings.